The van der Waals surface area contributed by atoms with Gasteiger partial charge in [-0.15, -0.1) is 0 Å². The molecular weight excluding hydrogens is 372 g/mol. The molecule has 1 amide bonds. The summed E-state index contributed by atoms with van der Waals surface area (Å²) >= 11 is 0. The van der Waals surface area contributed by atoms with Gasteiger partial charge in [0.15, 0.2) is 5.96 Å². The van der Waals surface area contributed by atoms with Gasteiger partial charge in [0, 0.05) is 19.1 Å². The minimum atomic E-state index is -0.527. The molecule has 3 saturated carbocycles. The highest BCUT2D eigenvalue weighted by Gasteiger charge is 2.49. The van der Waals surface area contributed by atoms with Crippen molar-refractivity contribution in [2.24, 2.45) is 11.8 Å². The van der Waals surface area contributed by atoms with Crippen molar-refractivity contribution in [2.75, 3.05) is 7.05 Å². The Bertz CT molecular complexity index is 596. The summed E-state index contributed by atoms with van der Waals surface area (Å²) in [5.74, 6) is 1.81. The van der Waals surface area contributed by atoms with Crippen LogP contribution in [0.2, 0.25) is 0 Å². The topological polar surface area (TPSA) is 68.2 Å². The molecular formula is C25H44N4O. The number of guanidine groups is 1. The van der Waals surface area contributed by atoms with Gasteiger partial charge in [-0.1, -0.05) is 64.2 Å². The van der Waals surface area contributed by atoms with Gasteiger partial charge in [0.2, 0.25) is 0 Å². The summed E-state index contributed by atoms with van der Waals surface area (Å²) in [5, 5.41) is 15.6. The molecule has 5 heteroatoms. The van der Waals surface area contributed by atoms with Crippen molar-refractivity contribution in [3.05, 3.63) is 0 Å². The third-order valence-corrected chi connectivity index (χ3v) is 8.61. The van der Waals surface area contributed by atoms with E-state index in [9.17, 15) is 4.79 Å². The van der Waals surface area contributed by atoms with E-state index in [4.69, 9.17) is 5.41 Å². The van der Waals surface area contributed by atoms with Crippen molar-refractivity contribution >= 4 is 11.9 Å². The Labute approximate surface area is 183 Å². The molecule has 1 aliphatic heterocycles. The van der Waals surface area contributed by atoms with Gasteiger partial charge < -0.3 is 10.6 Å². The first-order valence-corrected chi connectivity index (χ1v) is 13.0. The van der Waals surface area contributed by atoms with E-state index < -0.39 is 5.54 Å². The van der Waals surface area contributed by atoms with Gasteiger partial charge in [-0.2, -0.15) is 0 Å². The molecule has 5 nitrogen and oxygen atoms in total. The average molecular weight is 417 g/mol. The summed E-state index contributed by atoms with van der Waals surface area (Å²) in [6.07, 6.45) is 21.5. The Kier molecular flexibility index (Phi) is 7.38. The van der Waals surface area contributed by atoms with Gasteiger partial charge in [0.05, 0.1) is 0 Å². The first kappa shape index (κ1) is 22.1. The van der Waals surface area contributed by atoms with Crippen molar-refractivity contribution in [1.82, 2.24) is 15.5 Å². The zero-order valence-corrected chi connectivity index (χ0v) is 19.2. The van der Waals surface area contributed by atoms with Crippen LogP contribution in [0.5, 0.6) is 0 Å². The molecule has 170 valence electrons. The SMILES string of the molecule is CN1C(=N)N[C@](CCC2CCCCC2)(C[C@@H]2CCC[C@@H](NC3CCCCC3)C2)C1=O. The molecule has 0 aromatic carbocycles. The van der Waals surface area contributed by atoms with Gasteiger partial charge in [-0.05, 0) is 56.8 Å². The van der Waals surface area contributed by atoms with E-state index in [2.05, 4.69) is 10.6 Å². The Balaban J connectivity index is 1.38. The highest BCUT2D eigenvalue weighted by molar-refractivity contribution is 6.07. The van der Waals surface area contributed by atoms with Gasteiger partial charge in [0.25, 0.3) is 5.91 Å². The van der Waals surface area contributed by atoms with Crippen molar-refractivity contribution < 1.29 is 4.79 Å². The lowest BCUT2D eigenvalue weighted by Gasteiger charge is -2.38. The molecule has 0 aromatic rings. The lowest BCUT2D eigenvalue weighted by Crippen LogP contribution is -2.50. The molecule has 0 aromatic heterocycles. The average Bonchev–Trinajstić information content (AvgIpc) is 2.98. The second-order valence-corrected chi connectivity index (χ2v) is 10.9. The summed E-state index contributed by atoms with van der Waals surface area (Å²) in [6, 6.07) is 1.34. The predicted molar refractivity (Wildman–Crippen MR) is 123 cm³/mol. The standard InChI is InChI=1S/C25H44N4O/c1-29-23(30)25(28-24(29)26,16-15-19-9-4-2-5-10-19)18-20-11-8-14-22(17-20)27-21-12-6-3-7-13-21/h19-22,27H,2-18H2,1H3,(H2,26,28)/t20-,22-,25-/m1/s1. The van der Waals surface area contributed by atoms with E-state index in [1.165, 1.54) is 89.9 Å². The van der Waals surface area contributed by atoms with E-state index in [1.54, 1.807) is 11.9 Å². The smallest absolute Gasteiger partial charge is 0.254 e. The highest BCUT2D eigenvalue weighted by Crippen LogP contribution is 2.38. The highest BCUT2D eigenvalue weighted by atomic mass is 16.2. The fraction of sp³-hybridized carbons (Fsp3) is 0.920. The van der Waals surface area contributed by atoms with Crippen molar-refractivity contribution in [3.63, 3.8) is 0 Å². The monoisotopic (exact) mass is 416 g/mol. The molecule has 30 heavy (non-hydrogen) atoms. The maximum Gasteiger partial charge on any atom is 0.254 e. The molecule has 3 N–H and O–H groups in total. The molecule has 4 aliphatic rings. The molecule has 0 bridgehead atoms. The van der Waals surface area contributed by atoms with Crippen LogP contribution in [0.4, 0.5) is 0 Å². The van der Waals surface area contributed by atoms with E-state index in [0.717, 1.165) is 25.2 Å². The van der Waals surface area contributed by atoms with E-state index in [1.807, 2.05) is 0 Å². The van der Waals surface area contributed by atoms with Crippen LogP contribution in [0.25, 0.3) is 0 Å². The Morgan fingerprint density at radius 2 is 1.57 bits per heavy atom. The van der Waals surface area contributed by atoms with E-state index >= 15 is 0 Å². The third kappa shape index (κ3) is 5.20. The van der Waals surface area contributed by atoms with E-state index in [-0.39, 0.29) is 5.91 Å². The lowest BCUT2D eigenvalue weighted by molar-refractivity contribution is -0.131. The van der Waals surface area contributed by atoms with E-state index in [0.29, 0.717) is 24.0 Å². The second-order valence-electron chi connectivity index (χ2n) is 10.9. The molecule has 0 spiro atoms. The molecule has 0 radical (unpaired) electrons. The fourth-order valence-corrected chi connectivity index (χ4v) is 6.85. The summed E-state index contributed by atoms with van der Waals surface area (Å²) in [5.41, 5.74) is -0.527. The molecule has 1 heterocycles. The number of carbonyl (C=O) groups is 1. The van der Waals surface area contributed by atoms with Gasteiger partial charge >= 0.3 is 0 Å². The largest absolute Gasteiger partial charge is 0.342 e. The minimum Gasteiger partial charge on any atom is -0.342 e. The number of hydrogen-bond acceptors (Lipinski definition) is 3. The number of nitrogens with zero attached hydrogens (tertiary/aromatic N) is 1. The van der Waals surface area contributed by atoms with Crippen LogP contribution < -0.4 is 10.6 Å². The molecule has 3 aliphatic carbocycles. The zero-order valence-electron chi connectivity index (χ0n) is 19.2. The van der Waals surface area contributed by atoms with Crippen molar-refractivity contribution in [3.8, 4) is 0 Å². The summed E-state index contributed by atoms with van der Waals surface area (Å²) in [4.78, 5) is 14.8. The minimum absolute atomic E-state index is 0.144. The zero-order chi connectivity index (χ0) is 21.0. The van der Waals surface area contributed by atoms with Crippen molar-refractivity contribution in [2.45, 2.75) is 127 Å². The third-order valence-electron chi connectivity index (χ3n) is 8.61. The Hall–Kier alpha value is -1.10. The number of carbonyl (C=O) groups excluding carboxylic acids is 1. The molecule has 1 saturated heterocycles. The maximum atomic E-state index is 13.3. The van der Waals surface area contributed by atoms with Gasteiger partial charge in [0.1, 0.15) is 5.54 Å². The van der Waals surface area contributed by atoms with Gasteiger partial charge in [-0.3, -0.25) is 15.1 Å². The fourth-order valence-electron chi connectivity index (χ4n) is 6.85. The Morgan fingerprint density at radius 3 is 2.23 bits per heavy atom. The number of hydrogen-bond donors (Lipinski definition) is 3. The maximum absolute atomic E-state index is 13.3. The van der Waals surface area contributed by atoms with Crippen LogP contribution in [0.1, 0.15) is 109 Å². The first-order chi connectivity index (χ1) is 14.6. The van der Waals surface area contributed by atoms with Gasteiger partial charge in [-0.25, -0.2) is 0 Å². The first-order valence-electron chi connectivity index (χ1n) is 13.0. The summed E-state index contributed by atoms with van der Waals surface area (Å²) < 4.78 is 0. The number of likely N-dealkylation sites (N-methyl/N-ethyl adjacent to an activating group) is 1. The van der Waals surface area contributed by atoms with Crippen LogP contribution in [-0.4, -0.2) is 41.4 Å². The van der Waals surface area contributed by atoms with Crippen LogP contribution in [0, 0.1) is 17.2 Å². The molecule has 0 unspecified atom stereocenters. The van der Waals surface area contributed by atoms with Crippen LogP contribution in [-0.2, 0) is 4.79 Å². The second kappa shape index (κ2) is 10.0. The van der Waals surface area contributed by atoms with Crippen LogP contribution in [0.3, 0.4) is 0 Å². The lowest BCUT2D eigenvalue weighted by atomic mass is 9.74. The molecule has 4 fully saturated rings. The molecule has 3 atom stereocenters. The number of nitrogens with one attached hydrogen (secondary N) is 3. The predicted octanol–water partition coefficient (Wildman–Crippen LogP) is 4.95. The summed E-state index contributed by atoms with van der Waals surface area (Å²) in [6.45, 7) is 0. The molecule has 4 rings (SSSR count). The quantitative estimate of drug-likeness (QED) is 0.550. The number of amides is 1. The van der Waals surface area contributed by atoms with Crippen molar-refractivity contribution in [1.29, 1.82) is 5.41 Å². The van der Waals surface area contributed by atoms with Crippen LogP contribution in [0.15, 0.2) is 0 Å². The van der Waals surface area contributed by atoms with Crippen LogP contribution >= 0.6 is 0 Å². The Morgan fingerprint density at radius 1 is 0.933 bits per heavy atom. The summed E-state index contributed by atoms with van der Waals surface area (Å²) in [7, 11) is 1.77. The normalized spacial score (nSPS) is 34.4. The number of rotatable bonds is 7.